The number of hydrogen-bond acceptors (Lipinski definition) is 8. The number of benzene rings is 2. The molecule has 0 atom stereocenters. The van der Waals surface area contributed by atoms with Gasteiger partial charge in [0.1, 0.15) is 5.82 Å². The van der Waals surface area contributed by atoms with Gasteiger partial charge in [0.15, 0.2) is 0 Å². The van der Waals surface area contributed by atoms with E-state index in [-0.39, 0.29) is 5.91 Å². The average Bonchev–Trinajstić information content (AvgIpc) is 3.34. The summed E-state index contributed by atoms with van der Waals surface area (Å²) in [5.74, 6) is 2.07. The van der Waals surface area contributed by atoms with Crippen LogP contribution in [0.2, 0.25) is 0 Å². The molecule has 1 fully saturated rings. The third-order valence-electron chi connectivity index (χ3n) is 6.09. The molecule has 2 aliphatic heterocycles. The van der Waals surface area contributed by atoms with Crippen LogP contribution in [0.5, 0.6) is 0 Å². The standard InChI is InChI=1S/C26H29N7OS/c1-3-23(34)27-19-5-4-6-20(17-19)28-25-24-22(11-16-35-24)30-26(31-25)29-18-7-9-21(10-8-18)33-14-12-32(2)13-15-33/h3-10,17H,1,11-16H2,2H3,(H,27,34)(H2,28,29,30,31). The van der Waals surface area contributed by atoms with Crippen molar-refractivity contribution in [1.29, 1.82) is 0 Å². The van der Waals surface area contributed by atoms with Crippen molar-refractivity contribution < 1.29 is 4.79 Å². The van der Waals surface area contributed by atoms with Crippen LogP contribution in [-0.4, -0.2) is 59.8 Å². The number of nitrogens with zero attached hydrogens (tertiary/aromatic N) is 4. The number of amides is 1. The smallest absolute Gasteiger partial charge is 0.247 e. The molecule has 1 amide bonds. The molecule has 1 saturated heterocycles. The second-order valence-electron chi connectivity index (χ2n) is 8.63. The highest BCUT2D eigenvalue weighted by molar-refractivity contribution is 7.99. The van der Waals surface area contributed by atoms with Gasteiger partial charge >= 0.3 is 0 Å². The molecule has 35 heavy (non-hydrogen) atoms. The number of thioether (sulfide) groups is 1. The summed E-state index contributed by atoms with van der Waals surface area (Å²) < 4.78 is 0. The Balaban J connectivity index is 1.33. The lowest BCUT2D eigenvalue weighted by molar-refractivity contribution is -0.111. The molecule has 8 nitrogen and oxygen atoms in total. The van der Waals surface area contributed by atoms with Gasteiger partial charge in [0, 0.05) is 61.1 Å². The van der Waals surface area contributed by atoms with Gasteiger partial charge in [0.05, 0.1) is 10.6 Å². The number of rotatable bonds is 7. The predicted octanol–water partition coefficient (Wildman–Crippen LogP) is 4.49. The molecule has 0 aliphatic carbocycles. The Labute approximate surface area is 209 Å². The molecule has 3 heterocycles. The van der Waals surface area contributed by atoms with Crippen LogP contribution in [-0.2, 0) is 11.2 Å². The van der Waals surface area contributed by atoms with E-state index in [9.17, 15) is 4.79 Å². The normalized spacial score (nSPS) is 15.4. The molecule has 0 spiro atoms. The summed E-state index contributed by atoms with van der Waals surface area (Å²) in [4.78, 5) is 27.1. The zero-order chi connectivity index (χ0) is 24.2. The van der Waals surface area contributed by atoms with Crippen LogP contribution in [0.15, 0.2) is 66.1 Å². The molecule has 0 saturated carbocycles. The van der Waals surface area contributed by atoms with Crippen LogP contribution in [0, 0.1) is 0 Å². The summed E-state index contributed by atoms with van der Waals surface area (Å²) in [7, 11) is 2.17. The molecular weight excluding hydrogens is 458 g/mol. The Morgan fingerprint density at radius 3 is 2.54 bits per heavy atom. The fourth-order valence-electron chi connectivity index (χ4n) is 4.16. The molecule has 2 aromatic carbocycles. The molecule has 3 N–H and O–H groups in total. The van der Waals surface area contributed by atoms with Gasteiger partial charge < -0.3 is 25.8 Å². The maximum absolute atomic E-state index is 11.7. The van der Waals surface area contributed by atoms with Crippen molar-refractivity contribution in [2.75, 3.05) is 59.8 Å². The van der Waals surface area contributed by atoms with E-state index in [1.54, 1.807) is 11.8 Å². The van der Waals surface area contributed by atoms with Crippen molar-refractivity contribution in [2.24, 2.45) is 0 Å². The lowest BCUT2D eigenvalue weighted by Gasteiger charge is -2.34. The van der Waals surface area contributed by atoms with Gasteiger partial charge in [-0.25, -0.2) is 4.98 Å². The van der Waals surface area contributed by atoms with E-state index in [1.807, 2.05) is 24.3 Å². The summed E-state index contributed by atoms with van der Waals surface area (Å²) >= 11 is 1.76. The molecule has 3 aromatic rings. The zero-order valence-electron chi connectivity index (χ0n) is 19.8. The summed E-state index contributed by atoms with van der Waals surface area (Å²) in [6.07, 6.45) is 2.16. The minimum Gasteiger partial charge on any atom is -0.369 e. The first-order valence-electron chi connectivity index (χ1n) is 11.7. The predicted molar refractivity (Wildman–Crippen MR) is 144 cm³/mol. The first-order chi connectivity index (χ1) is 17.1. The van der Waals surface area contributed by atoms with Crippen molar-refractivity contribution in [3.63, 3.8) is 0 Å². The van der Waals surface area contributed by atoms with Crippen molar-refractivity contribution >= 4 is 52.2 Å². The van der Waals surface area contributed by atoms with Crippen LogP contribution in [0.25, 0.3) is 0 Å². The molecule has 180 valence electrons. The highest BCUT2D eigenvalue weighted by Crippen LogP contribution is 2.38. The third-order valence-corrected chi connectivity index (χ3v) is 7.22. The lowest BCUT2D eigenvalue weighted by atomic mass is 10.2. The summed E-state index contributed by atoms with van der Waals surface area (Å²) in [6.45, 7) is 7.76. The van der Waals surface area contributed by atoms with E-state index in [0.29, 0.717) is 11.6 Å². The van der Waals surface area contributed by atoms with Crippen molar-refractivity contribution in [1.82, 2.24) is 14.9 Å². The fourth-order valence-corrected chi connectivity index (χ4v) is 5.21. The first kappa shape index (κ1) is 23.2. The van der Waals surface area contributed by atoms with Gasteiger partial charge in [-0.15, -0.1) is 11.8 Å². The largest absolute Gasteiger partial charge is 0.369 e. The molecule has 5 rings (SSSR count). The summed E-state index contributed by atoms with van der Waals surface area (Å²) in [6, 6.07) is 16.0. The maximum Gasteiger partial charge on any atom is 0.247 e. The number of aryl methyl sites for hydroxylation is 1. The van der Waals surface area contributed by atoms with E-state index in [1.165, 1.54) is 11.8 Å². The third kappa shape index (κ3) is 5.58. The number of carbonyl (C=O) groups is 1. The van der Waals surface area contributed by atoms with Gasteiger partial charge in [0.2, 0.25) is 11.9 Å². The van der Waals surface area contributed by atoms with Crippen LogP contribution in [0.1, 0.15) is 5.69 Å². The monoisotopic (exact) mass is 487 g/mol. The Bertz CT molecular complexity index is 1220. The van der Waals surface area contributed by atoms with E-state index >= 15 is 0 Å². The van der Waals surface area contributed by atoms with Gasteiger partial charge in [-0.3, -0.25) is 4.79 Å². The van der Waals surface area contributed by atoms with Crippen LogP contribution in [0.3, 0.4) is 0 Å². The Morgan fingerprint density at radius 2 is 1.77 bits per heavy atom. The first-order valence-corrected chi connectivity index (χ1v) is 12.7. The Kier molecular flexibility index (Phi) is 6.87. The highest BCUT2D eigenvalue weighted by Gasteiger charge is 2.21. The number of nitrogens with one attached hydrogen (secondary N) is 3. The van der Waals surface area contributed by atoms with Crippen LogP contribution in [0.4, 0.5) is 34.5 Å². The quantitative estimate of drug-likeness (QED) is 0.421. The fraction of sp³-hybridized carbons (Fsp3) is 0.269. The zero-order valence-corrected chi connectivity index (χ0v) is 20.6. The molecule has 0 radical (unpaired) electrons. The van der Waals surface area contributed by atoms with Crippen molar-refractivity contribution in [2.45, 2.75) is 11.3 Å². The highest BCUT2D eigenvalue weighted by atomic mass is 32.2. The minimum absolute atomic E-state index is 0.245. The number of hydrogen-bond donors (Lipinski definition) is 3. The minimum atomic E-state index is -0.245. The molecule has 9 heteroatoms. The summed E-state index contributed by atoms with van der Waals surface area (Å²) in [5.41, 5.74) is 4.76. The lowest BCUT2D eigenvalue weighted by Crippen LogP contribution is -2.44. The second kappa shape index (κ2) is 10.4. The molecule has 0 unspecified atom stereocenters. The topological polar surface area (TPSA) is 85.4 Å². The van der Waals surface area contributed by atoms with E-state index < -0.39 is 0 Å². The van der Waals surface area contributed by atoms with Crippen molar-refractivity contribution in [3.8, 4) is 0 Å². The molecule has 2 aliphatic rings. The second-order valence-corrected chi connectivity index (χ2v) is 9.74. The average molecular weight is 488 g/mol. The van der Waals surface area contributed by atoms with Gasteiger partial charge in [0.25, 0.3) is 0 Å². The maximum atomic E-state index is 11.7. The molecule has 0 bridgehead atoms. The molecule has 1 aromatic heterocycles. The number of anilines is 6. The van der Waals surface area contributed by atoms with Crippen LogP contribution >= 0.6 is 11.8 Å². The number of fused-ring (bicyclic) bond motifs is 1. The van der Waals surface area contributed by atoms with Gasteiger partial charge in [-0.05, 0) is 55.6 Å². The number of carbonyl (C=O) groups excluding carboxylic acids is 1. The number of piperazine rings is 1. The SMILES string of the molecule is C=CC(=O)Nc1cccc(Nc2nc(Nc3ccc(N4CCN(C)CC4)cc3)nc3c2SCC3)c1. The van der Waals surface area contributed by atoms with E-state index in [4.69, 9.17) is 9.97 Å². The number of aromatic nitrogens is 2. The Morgan fingerprint density at radius 1 is 1.00 bits per heavy atom. The summed E-state index contributed by atoms with van der Waals surface area (Å²) in [5, 5.41) is 9.59. The number of likely N-dealkylation sites (N-methyl/N-ethyl adjacent to an activating group) is 1. The van der Waals surface area contributed by atoms with Gasteiger partial charge in [-0.2, -0.15) is 4.98 Å². The van der Waals surface area contributed by atoms with E-state index in [0.717, 1.165) is 66.1 Å². The van der Waals surface area contributed by atoms with Crippen LogP contribution < -0.4 is 20.9 Å². The van der Waals surface area contributed by atoms with Gasteiger partial charge in [-0.1, -0.05) is 12.6 Å². The molecular formula is C26H29N7OS. The van der Waals surface area contributed by atoms with Crippen molar-refractivity contribution in [3.05, 3.63) is 66.9 Å². The Hall–Kier alpha value is -3.56. The van der Waals surface area contributed by atoms with E-state index in [2.05, 4.69) is 63.6 Å².